The van der Waals surface area contributed by atoms with Gasteiger partial charge in [0.1, 0.15) is 0 Å². The highest BCUT2D eigenvalue weighted by Gasteiger charge is 2.17. The van der Waals surface area contributed by atoms with Crippen LogP contribution in [0, 0.1) is 5.92 Å². The molecular formula is C16H31NO. The lowest BCUT2D eigenvalue weighted by atomic mass is 9.97. The van der Waals surface area contributed by atoms with Crippen LogP contribution in [0.15, 0.2) is 30.3 Å². The van der Waals surface area contributed by atoms with Crippen molar-refractivity contribution < 1.29 is 4.74 Å². The van der Waals surface area contributed by atoms with Crippen LogP contribution in [0.5, 0.6) is 0 Å². The minimum Gasteiger partial charge on any atom is -0.376 e. The van der Waals surface area contributed by atoms with Crippen molar-refractivity contribution in [2.75, 3.05) is 20.7 Å². The summed E-state index contributed by atoms with van der Waals surface area (Å²) in [5.41, 5.74) is 1.25. The van der Waals surface area contributed by atoms with E-state index in [1.54, 1.807) is 7.11 Å². The topological polar surface area (TPSA) is 21.3 Å². The van der Waals surface area contributed by atoms with Gasteiger partial charge in [0.15, 0.2) is 0 Å². The van der Waals surface area contributed by atoms with Crippen LogP contribution < -0.4 is 5.32 Å². The van der Waals surface area contributed by atoms with Gasteiger partial charge in [0.05, 0.1) is 6.10 Å². The molecular weight excluding hydrogens is 222 g/mol. The number of rotatable bonds is 5. The summed E-state index contributed by atoms with van der Waals surface area (Å²) < 4.78 is 5.51. The number of nitrogens with one attached hydrogen (secondary N) is 1. The molecule has 0 bridgehead atoms. The summed E-state index contributed by atoms with van der Waals surface area (Å²) in [6.45, 7) is 11.2. The minimum absolute atomic E-state index is 0.184. The molecule has 0 saturated carbocycles. The van der Waals surface area contributed by atoms with E-state index in [0.717, 1.165) is 6.54 Å². The lowest BCUT2D eigenvalue weighted by Crippen LogP contribution is -2.23. The van der Waals surface area contributed by atoms with Gasteiger partial charge in [0.2, 0.25) is 0 Å². The molecule has 0 amide bonds. The Morgan fingerprint density at radius 2 is 1.56 bits per heavy atom. The Kier molecular flexibility index (Phi) is 15.4. The number of hydrogen-bond acceptors (Lipinski definition) is 2. The van der Waals surface area contributed by atoms with Gasteiger partial charge in [-0.1, -0.05) is 65.0 Å². The summed E-state index contributed by atoms with van der Waals surface area (Å²) in [4.78, 5) is 0. The van der Waals surface area contributed by atoms with Crippen molar-refractivity contribution in [3.8, 4) is 0 Å². The van der Waals surface area contributed by atoms with E-state index in [-0.39, 0.29) is 6.10 Å². The van der Waals surface area contributed by atoms with Crippen molar-refractivity contribution in [3.05, 3.63) is 35.9 Å². The van der Waals surface area contributed by atoms with E-state index in [2.05, 4.69) is 24.4 Å². The standard InChI is InChI=1S/C12H19NO.2C2H6/c1-10(9-13-2)12(14-3)11-7-5-4-6-8-11;2*1-2/h4-8,10,12-13H,9H2,1-3H3;2*1-2H3/t10?,12-;;/m0../s1. The van der Waals surface area contributed by atoms with Crippen LogP contribution in [0.25, 0.3) is 0 Å². The van der Waals surface area contributed by atoms with Crippen LogP contribution >= 0.6 is 0 Å². The molecule has 106 valence electrons. The molecule has 0 radical (unpaired) electrons. The van der Waals surface area contributed by atoms with E-state index in [1.165, 1.54) is 5.56 Å². The van der Waals surface area contributed by atoms with E-state index < -0.39 is 0 Å². The van der Waals surface area contributed by atoms with Crippen LogP contribution in [0.1, 0.15) is 46.3 Å². The van der Waals surface area contributed by atoms with Crippen molar-refractivity contribution in [1.82, 2.24) is 5.32 Å². The number of methoxy groups -OCH3 is 1. The molecule has 0 saturated heterocycles. The van der Waals surface area contributed by atoms with Gasteiger partial charge in [-0.25, -0.2) is 0 Å². The van der Waals surface area contributed by atoms with E-state index >= 15 is 0 Å². The first kappa shape index (κ1) is 19.5. The van der Waals surface area contributed by atoms with E-state index in [0.29, 0.717) is 5.92 Å². The average Bonchev–Trinajstić information content (AvgIpc) is 2.45. The van der Waals surface area contributed by atoms with Crippen LogP contribution in [-0.2, 0) is 4.74 Å². The molecule has 1 aromatic rings. The maximum atomic E-state index is 5.51. The summed E-state index contributed by atoms with van der Waals surface area (Å²) in [7, 11) is 3.73. The molecule has 1 rings (SSSR count). The Balaban J connectivity index is 0. The fourth-order valence-corrected chi connectivity index (χ4v) is 1.77. The fraction of sp³-hybridized carbons (Fsp3) is 0.625. The number of ether oxygens (including phenoxy) is 1. The Bertz CT molecular complexity index is 249. The highest BCUT2D eigenvalue weighted by Crippen LogP contribution is 2.24. The quantitative estimate of drug-likeness (QED) is 0.845. The zero-order valence-electron chi connectivity index (χ0n) is 13.2. The predicted molar refractivity (Wildman–Crippen MR) is 82.0 cm³/mol. The van der Waals surface area contributed by atoms with Gasteiger partial charge in [-0.15, -0.1) is 0 Å². The van der Waals surface area contributed by atoms with E-state index in [1.807, 2.05) is 52.9 Å². The average molecular weight is 253 g/mol. The van der Waals surface area contributed by atoms with Crippen LogP contribution in [-0.4, -0.2) is 20.7 Å². The summed E-state index contributed by atoms with van der Waals surface area (Å²) in [6.07, 6.45) is 0.184. The second-order valence-corrected chi connectivity index (χ2v) is 3.60. The van der Waals surface area contributed by atoms with Crippen molar-refractivity contribution in [2.24, 2.45) is 5.92 Å². The van der Waals surface area contributed by atoms with Gasteiger partial charge in [-0.3, -0.25) is 0 Å². The smallest absolute Gasteiger partial charge is 0.0858 e. The lowest BCUT2D eigenvalue weighted by molar-refractivity contribution is 0.0585. The molecule has 2 nitrogen and oxygen atoms in total. The van der Waals surface area contributed by atoms with E-state index in [4.69, 9.17) is 4.74 Å². The zero-order chi connectivity index (χ0) is 14.4. The summed E-state index contributed by atoms with van der Waals surface area (Å²) in [5.74, 6) is 0.479. The molecule has 0 aliphatic heterocycles. The Morgan fingerprint density at radius 3 is 1.94 bits per heavy atom. The molecule has 0 aromatic heterocycles. The second-order valence-electron chi connectivity index (χ2n) is 3.60. The molecule has 1 unspecified atom stereocenters. The van der Waals surface area contributed by atoms with Gasteiger partial charge in [0.25, 0.3) is 0 Å². The first-order chi connectivity index (χ1) is 8.79. The molecule has 18 heavy (non-hydrogen) atoms. The Labute approximate surface area is 114 Å². The maximum absolute atomic E-state index is 5.51. The summed E-state index contributed by atoms with van der Waals surface area (Å²) in [5, 5.41) is 3.17. The lowest BCUT2D eigenvalue weighted by Gasteiger charge is -2.22. The number of benzene rings is 1. The third-order valence-corrected chi connectivity index (χ3v) is 2.42. The number of hydrogen-bond donors (Lipinski definition) is 1. The van der Waals surface area contributed by atoms with Crippen molar-refractivity contribution in [2.45, 2.75) is 40.7 Å². The molecule has 1 aromatic carbocycles. The molecule has 0 fully saturated rings. The van der Waals surface area contributed by atoms with Crippen molar-refractivity contribution in [3.63, 3.8) is 0 Å². The van der Waals surface area contributed by atoms with Crippen LogP contribution in [0.3, 0.4) is 0 Å². The second kappa shape index (κ2) is 14.2. The van der Waals surface area contributed by atoms with Gasteiger partial charge < -0.3 is 10.1 Å². The SMILES string of the molecule is CC.CC.CNCC(C)[C@H](OC)c1ccccc1. The summed E-state index contributed by atoms with van der Waals surface area (Å²) in [6, 6.07) is 10.3. The van der Waals surface area contributed by atoms with Crippen molar-refractivity contribution >= 4 is 0 Å². The highest BCUT2D eigenvalue weighted by atomic mass is 16.5. The van der Waals surface area contributed by atoms with Gasteiger partial charge in [0, 0.05) is 13.7 Å². The maximum Gasteiger partial charge on any atom is 0.0858 e. The molecule has 2 atom stereocenters. The Hall–Kier alpha value is -0.860. The van der Waals surface area contributed by atoms with Crippen LogP contribution in [0.4, 0.5) is 0 Å². The normalized spacial score (nSPS) is 12.4. The largest absolute Gasteiger partial charge is 0.376 e. The molecule has 0 aliphatic carbocycles. The third-order valence-electron chi connectivity index (χ3n) is 2.42. The van der Waals surface area contributed by atoms with Gasteiger partial charge in [-0.2, -0.15) is 0 Å². The fourth-order valence-electron chi connectivity index (χ4n) is 1.77. The van der Waals surface area contributed by atoms with E-state index in [9.17, 15) is 0 Å². The minimum atomic E-state index is 0.184. The van der Waals surface area contributed by atoms with Gasteiger partial charge >= 0.3 is 0 Å². The molecule has 0 heterocycles. The summed E-state index contributed by atoms with van der Waals surface area (Å²) >= 11 is 0. The molecule has 0 spiro atoms. The van der Waals surface area contributed by atoms with Gasteiger partial charge in [-0.05, 0) is 18.5 Å². The first-order valence-electron chi connectivity index (χ1n) is 7.02. The molecule has 1 N–H and O–H groups in total. The highest BCUT2D eigenvalue weighted by molar-refractivity contribution is 5.18. The third kappa shape index (κ3) is 7.46. The molecule has 0 aliphatic rings. The van der Waals surface area contributed by atoms with Crippen LogP contribution in [0.2, 0.25) is 0 Å². The van der Waals surface area contributed by atoms with Crippen molar-refractivity contribution in [1.29, 1.82) is 0 Å². The first-order valence-corrected chi connectivity index (χ1v) is 7.02. The predicted octanol–water partition coefficient (Wildman–Crippen LogP) is 4.28. The molecule has 2 heteroatoms. The zero-order valence-corrected chi connectivity index (χ0v) is 13.2. The monoisotopic (exact) mass is 253 g/mol. The Morgan fingerprint density at radius 1 is 1.06 bits per heavy atom.